The van der Waals surface area contributed by atoms with E-state index < -0.39 is 5.25 Å². The van der Waals surface area contributed by atoms with Gasteiger partial charge >= 0.3 is 6.01 Å². The smallest absolute Gasteiger partial charge is 0.322 e. The molecule has 1 unspecified atom stereocenters. The third-order valence-corrected chi connectivity index (χ3v) is 6.90. The van der Waals surface area contributed by atoms with Gasteiger partial charge in [0.2, 0.25) is 11.8 Å². The number of aromatic nitrogens is 2. The van der Waals surface area contributed by atoms with Crippen LogP contribution in [0.5, 0.6) is 0 Å². The lowest BCUT2D eigenvalue weighted by Gasteiger charge is -2.30. The summed E-state index contributed by atoms with van der Waals surface area (Å²) < 4.78 is 6.37. The largest absolute Gasteiger partial charge is 0.403 e. The van der Waals surface area contributed by atoms with Gasteiger partial charge in [-0.2, -0.15) is 0 Å². The number of hydrogen-bond acceptors (Lipinski definition) is 6. The van der Waals surface area contributed by atoms with Crippen molar-refractivity contribution in [3.63, 3.8) is 0 Å². The monoisotopic (exact) mass is 472 g/mol. The molecular weight excluding hydrogens is 452 g/mol. The predicted molar refractivity (Wildman–Crippen MR) is 128 cm³/mol. The van der Waals surface area contributed by atoms with Gasteiger partial charge in [-0.25, -0.2) is 0 Å². The first-order chi connectivity index (χ1) is 15.1. The number of benzene rings is 2. The summed E-state index contributed by atoms with van der Waals surface area (Å²) in [6.45, 7) is 1.87. The summed E-state index contributed by atoms with van der Waals surface area (Å²) in [5.74, 6) is 0.0431. The van der Waals surface area contributed by atoms with Crippen LogP contribution in [0.4, 0.5) is 6.01 Å². The summed E-state index contributed by atoms with van der Waals surface area (Å²) in [7, 11) is 0. The van der Waals surface area contributed by atoms with E-state index >= 15 is 0 Å². The molecule has 2 heterocycles. The van der Waals surface area contributed by atoms with E-state index in [1.54, 1.807) is 24.3 Å². The number of thiocarbonyl (C=S) groups is 1. The van der Waals surface area contributed by atoms with Crippen molar-refractivity contribution in [1.29, 1.82) is 0 Å². The zero-order chi connectivity index (χ0) is 21.6. The fourth-order valence-electron chi connectivity index (χ4n) is 3.31. The molecule has 0 saturated carbocycles. The van der Waals surface area contributed by atoms with Crippen molar-refractivity contribution >= 4 is 51.8 Å². The lowest BCUT2D eigenvalue weighted by Crippen LogP contribution is -2.34. The van der Waals surface area contributed by atoms with Gasteiger partial charge in [0, 0.05) is 23.7 Å². The summed E-state index contributed by atoms with van der Waals surface area (Å²) in [6.07, 6.45) is 3.47. The Labute approximate surface area is 195 Å². The molecule has 1 aromatic heterocycles. The number of likely N-dealkylation sites (tertiary alicyclic amines) is 1. The lowest BCUT2D eigenvalue weighted by atomic mass is 10.1. The Hall–Kier alpha value is -2.42. The van der Waals surface area contributed by atoms with E-state index in [0.29, 0.717) is 10.9 Å². The van der Waals surface area contributed by atoms with Crippen LogP contribution in [-0.2, 0) is 4.79 Å². The van der Waals surface area contributed by atoms with E-state index in [2.05, 4.69) is 20.4 Å². The maximum Gasteiger partial charge on any atom is 0.322 e. The van der Waals surface area contributed by atoms with E-state index in [0.717, 1.165) is 41.4 Å². The summed E-state index contributed by atoms with van der Waals surface area (Å²) in [5, 5.41) is 10.8. The highest BCUT2D eigenvalue weighted by molar-refractivity contribution is 8.23. The summed E-state index contributed by atoms with van der Waals surface area (Å²) >= 11 is 13.0. The van der Waals surface area contributed by atoms with Crippen molar-refractivity contribution in [2.75, 3.05) is 18.4 Å². The quantitative estimate of drug-likeness (QED) is 0.486. The van der Waals surface area contributed by atoms with Crippen LogP contribution < -0.4 is 5.32 Å². The topological polar surface area (TPSA) is 71.3 Å². The highest BCUT2D eigenvalue weighted by Crippen LogP contribution is 2.33. The van der Waals surface area contributed by atoms with Gasteiger partial charge in [0.15, 0.2) is 0 Å². The van der Waals surface area contributed by atoms with Crippen molar-refractivity contribution in [1.82, 2.24) is 15.1 Å². The Morgan fingerprint density at radius 3 is 2.48 bits per heavy atom. The van der Waals surface area contributed by atoms with Crippen LogP contribution in [0.15, 0.2) is 59.0 Å². The van der Waals surface area contributed by atoms with Crippen molar-refractivity contribution < 1.29 is 9.21 Å². The SMILES string of the molecule is O=C(Nc1nnc(-c2ccc(Cl)cc2)o1)C(SC(=S)N1CCCCC1)c1ccccc1. The van der Waals surface area contributed by atoms with E-state index in [4.69, 9.17) is 28.2 Å². The summed E-state index contributed by atoms with van der Waals surface area (Å²) in [6, 6.07) is 16.7. The molecule has 0 spiro atoms. The van der Waals surface area contributed by atoms with Gasteiger partial charge in [-0.15, -0.1) is 5.10 Å². The molecule has 160 valence electrons. The lowest BCUT2D eigenvalue weighted by molar-refractivity contribution is -0.115. The second kappa shape index (κ2) is 10.3. The maximum atomic E-state index is 13.2. The Morgan fingerprint density at radius 2 is 1.77 bits per heavy atom. The van der Waals surface area contributed by atoms with E-state index in [1.165, 1.54) is 18.2 Å². The molecule has 9 heteroatoms. The minimum atomic E-state index is -0.526. The second-order valence-corrected chi connectivity index (χ2v) is 9.31. The number of carbonyl (C=O) groups is 1. The average Bonchev–Trinajstić information content (AvgIpc) is 3.27. The second-order valence-electron chi connectivity index (χ2n) is 7.13. The maximum absolute atomic E-state index is 13.2. The number of halogens is 1. The molecule has 1 aliphatic heterocycles. The van der Waals surface area contributed by atoms with Crippen LogP contribution in [0, 0.1) is 0 Å². The number of anilines is 1. The normalized spacial score (nSPS) is 14.8. The van der Waals surface area contributed by atoms with Gasteiger partial charge in [-0.05, 0) is 49.1 Å². The van der Waals surface area contributed by atoms with Crippen LogP contribution >= 0.6 is 35.6 Å². The zero-order valence-electron chi connectivity index (χ0n) is 16.7. The summed E-state index contributed by atoms with van der Waals surface area (Å²) in [4.78, 5) is 15.3. The first kappa shape index (κ1) is 21.8. The number of carbonyl (C=O) groups excluding carboxylic acids is 1. The van der Waals surface area contributed by atoms with Crippen LogP contribution in [-0.4, -0.2) is 38.4 Å². The van der Waals surface area contributed by atoms with Crippen LogP contribution in [0.1, 0.15) is 30.1 Å². The molecule has 0 bridgehead atoms. The molecule has 1 aliphatic rings. The Kier molecular flexibility index (Phi) is 7.21. The highest BCUT2D eigenvalue weighted by atomic mass is 35.5. The fraction of sp³-hybridized carbons (Fsp3) is 0.273. The number of rotatable bonds is 5. The van der Waals surface area contributed by atoms with Crippen LogP contribution in [0.2, 0.25) is 5.02 Å². The number of hydrogen-bond donors (Lipinski definition) is 1. The molecule has 31 heavy (non-hydrogen) atoms. The van der Waals surface area contributed by atoms with Gasteiger partial charge in [-0.1, -0.05) is 71.0 Å². The van der Waals surface area contributed by atoms with Gasteiger partial charge in [0.05, 0.1) is 0 Å². The van der Waals surface area contributed by atoms with Crippen molar-refractivity contribution in [3.8, 4) is 11.5 Å². The van der Waals surface area contributed by atoms with Gasteiger partial charge in [0.1, 0.15) is 9.57 Å². The molecule has 1 saturated heterocycles. The fourth-order valence-corrected chi connectivity index (χ4v) is 4.90. The standard InChI is InChI=1S/C22H21ClN4O2S2/c23-17-11-9-16(10-12-17)20-25-26-21(29-20)24-19(28)18(15-7-3-1-4-8-15)31-22(30)27-13-5-2-6-14-27/h1,3-4,7-12,18H,2,5-6,13-14H2,(H,24,26,28). The Balaban J connectivity index is 1.49. The van der Waals surface area contributed by atoms with Crippen LogP contribution in [0.3, 0.4) is 0 Å². The number of amides is 1. The minimum absolute atomic E-state index is 0.0420. The van der Waals surface area contributed by atoms with E-state index in [-0.39, 0.29) is 11.9 Å². The van der Waals surface area contributed by atoms with Gasteiger partial charge < -0.3 is 9.32 Å². The van der Waals surface area contributed by atoms with Crippen molar-refractivity contribution in [2.24, 2.45) is 0 Å². The highest BCUT2D eigenvalue weighted by Gasteiger charge is 2.27. The third kappa shape index (κ3) is 5.64. The molecule has 4 rings (SSSR count). The minimum Gasteiger partial charge on any atom is -0.403 e. The predicted octanol–water partition coefficient (Wildman–Crippen LogP) is 5.57. The molecule has 1 atom stereocenters. The number of nitrogens with one attached hydrogen (secondary N) is 1. The molecule has 0 radical (unpaired) electrons. The molecule has 1 fully saturated rings. The molecular formula is C22H21ClN4O2S2. The van der Waals surface area contributed by atoms with Gasteiger partial charge in [-0.3, -0.25) is 10.1 Å². The Bertz CT molecular complexity index is 1040. The number of nitrogens with zero attached hydrogens (tertiary/aromatic N) is 3. The molecule has 0 aliphatic carbocycles. The summed E-state index contributed by atoms with van der Waals surface area (Å²) in [5.41, 5.74) is 1.58. The molecule has 3 aromatic rings. The zero-order valence-corrected chi connectivity index (χ0v) is 19.1. The molecule has 1 amide bonds. The third-order valence-electron chi connectivity index (χ3n) is 4.92. The molecule has 1 N–H and O–H groups in total. The molecule has 6 nitrogen and oxygen atoms in total. The van der Waals surface area contributed by atoms with Crippen LogP contribution in [0.25, 0.3) is 11.5 Å². The number of piperidine rings is 1. The van der Waals surface area contributed by atoms with Gasteiger partial charge in [0.25, 0.3) is 0 Å². The van der Waals surface area contributed by atoms with E-state index in [1.807, 2.05) is 30.3 Å². The average molecular weight is 473 g/mol. The first-order valence-electron chi connectivity index (χ1n) is 10.0. The molecule has 2 aromatic carbocycles. The van der Waals surface area contributed by atoms with Crippen molar-refractivity contribution in [2.45, 2.75) is 24.5 Å². The first-order valence-corrected chi connectivity index (χ1v) is 11.7. The van der Waals surface area contributed by atoms with E-state index in [9.17, 15) is 4.79 Å². The number of thioether (sulfide) groups is 1. The Morgan fingerprint density at radius 1 is 1.06 bits per heavy atom. The van der Waals surface area contributed by atoms with Crippen molar-refractivity contribution in [3.05, 3.63) is 65.2 Å².